The van der Waals surface area contributed by atoms with Crippen molar-refractivity contribution in [2.24, 2.45) is 14.1 Å². The minimum absolute atomic E-state index is 0.102. The van der Waals surface area contributed by atoms with Crippen LogP contribution in [0.2, 0.25) is 0 Å². The van der Waals surface area contributed by atoms with Crippen molar-refractivity contribution in [1.82, 2.24) is 13.4 Å². The van der Waals surface area contributed by atoms with Crippen molar-refractivity contribution >= 4 is 32.7 Å². The highest BCUT2D eigenvalue weighted by Crippen LogP contribution is 2.20. The van der Waals surface area contributed by atoms with E-state index in [1.165, 1.54) is 43.9 Å². The molecule has 10 nitrogen and oxygen atoms in total. The molecule has 1 amide bonds. The number of rotatable bonds is 7. The largest absolute Gasteiger partial charge is 0.494 e. The lowest BCUT2D eigenvalue weighted by Gasteiger charge is -2.18. The van der Waals surface area contributed by atoms with Crippen LogP contribution in [0.4, 0.5) is 5.69 Å². The number of nitrogens with zero attached hydrogens (tertiary/aromatic N) is 3. The second kappa shape index (κ2) is 8.97. The van der Waals surface area contributed by atoms with Crippen LogP contribution in [0.5, 0.6) is 5.75 Å². The summed E-state index contributed by atoms with van der Waals surface area (Å²) in [4.78, 5) is 36.3. The normalized spacial score (nSPS) is 11.7. The fourth-order valence-corrected chi connectivity index (χ4v) is 4.34. The van der Waals surface area contributed by atoms with Crippen molar-refractivity contribution in [1.29, 1.82) is 0 Å². The number of anilines is 1. The highest BCUT2D eigenvalue weighted by Gasteiger charge is 2.24. The van der Waals surface area contributed by atoms with Crippen LogP contribution < -0.4 is 21.2 Å². The van der Waals surface area contributed by atoms with Gasteiger partial charge in [0.15, 0.2) is 0 Å². The second-order valence-corrected chi connectivity index (χ2v) is 9.19. The Balaban J connectivity index is 1.82. The van der Waals surface area contributed by atoms with E-state index in [0.29, 0.717) is 23.6 Å². The Labute approximate surface area is 184 Å². The molecule has 0 radical (unpaired) electrons. The minimum Gasteiger partial charge on any atom is -0.494 e. The number of likely N-dealkylation sites (N-methyl/N-ethyl adjacent to an activating group) is 1. The number of carbonyl (C=O) groups is 1. The molecule has 3 aromatic rings. The lowest BCUT2D eigenvalue weighted by Crippen LogP contribution is -2.39. The molecule has 0 aliphatic rings. The van der Waals surface area contributed by atoms with Crippen molar-refractivity contribution in [2.45, 2.75) is 11.8 Å². The lowest BCUT2D eigenvalue weighted by molar-refractivity contribution is -0.116. The molecule has 0 unspecified atom stereocenters. The molecule has 32 heavy (non-hydrogen) atoms. The molecule has 3 rings (SSSR count). The highest BCUT2D eigenvalue weighted by atomic mass is 32.2. The molecule has 2 aromatic carbocycles. The van der Waals surface area contributed by atoms with Gasteiger partial charge >= 0.3 is 11.1 Å². The van der Waals surface area contributed by atoms with Crippen LogP contribution in [0.15, 0.2) is 56.9 Å². The van der Waals surface area contributed by atoms with E-state index in [9.17, 15) is 22.8 Å². The number of ether oxygens (including phenoxy) is 1. The molecule has 170 valence electrons. The third kappa shape index (κ3) is 4.43. The number of hydrogen-bond donors (Lipinski definition) is 1. The number of benzene rings is 2. The number of fused-ring (bicyclic) bond motifs is 1. The highest BCUT2D eigenvalue weighted by molar-refractivity contribution is 7.89. The zero-order chi connectivity index (χ0) is 23.6. The molecule has 0 bridgehead atoms. The smallest absolute Gasteiger partial charge is 0.316 e. The molecule has 1 heterocycles. The van der Waals surface area contributed by atoms with E-state index in [-0.39, 0.29) is 10.4 Å². The predicted molar refractivity (Wildman–Crippen MR) is 120 cm³/mol. The van der Waals surface area contributed by atoms with Gasteiger partial charge in [0.2, 0.25) is 15.9 Å². The van der Waals surface area contributed by atoms with E-state index in [1.54, 1.807) is 24.3 Å². The van der Waals surface area contributed by atoms with Crippen LogP contribution >= 0.6 is 0 Å². The fourth-order valence-electron chi connectivity index (χ4n) is 3.19. The van der Waals surface area contributed by atoms with Crippen molar-refractivity contribution < 1.29 is 17.9 Å². The van der Waals surface area contributed by atoms with E-state index >= 15 is 0 Å². The SMILES string of the molecule is CCOc1ccc(NC(=O)CN(C)S(=O)(=O)c2ccc3c(c2)n(C)c(=O)c(=O)n3C)cc1. The molecule has 0 atom stereocenters. The Morgan fingerprint density at radius 2 is 1.59 bits per heavy atom. The summed E-state index contributed by atoms with van der Waals surface area (Å²) in [5.41, 5.74) is -0.278. The fraction of sp³-hybridized carbons (Fsp3) is 0.286. The summed E-state index contributed by atoms with van der Waals surface area (Å²) in [5, 5.41) is 2.64. The number of sulfonamides is 1. The summed E-state index contributed by atoms with van der Waals surface area (Å²) in [5.74, 6) is 0.143. The van der Waals surface area contributed by atoms with Crippen LogP contribution in [-0.2, 0) is 28.9 Å². The van der Waals surface area contributed by atoms with Crippen LogP contribution in [0, 0.1) is 0 Å². The van der Waals surface area contributed by atoms with Gasteiger partial charge in [-0.3, -0.25) is 14.4 Å². The van der Waals surface area contributed by atoms with Gasteiger partial charge in [-0.2, -0.15) is 4.31 Å². The van der Waals surface area contributed by atoms with Crippen molar-refractivity contribution in [3.05, 3.63) is 63.2 Å². The Kier molecular flexibility index (Phi) is 6.51. The van der Waals surface area contributed by atoms with Crippen LogP contribution in [0.25, 0.3) is 11.0 Å². The Morgan fingerprint density at radius 3 is 2.19 bits per heavy atom. The standard InChI is InChI=1S/C21H24N4O6S/c1-5-31-15-8-6-14(7-9-15)22-19(26)13-23(2)32(29,30)16-10-11-17-18(12-16)25(4)21(28)20(27)24(17)3/h6-12H,5,13H2,1-4H3,(H,22,26). The average Bonchev–Trinajstić information content (AvgIpc) is 2.77. The first-order chi connectivity index (χ1) is 15.1. The number of carbonyl (C=O) groups excluding carboxylic acids is 1. The number of aryl methyl sites for hydroxylation is 2. The third-order valence-corrected chi connectivity index (χ3v) is 6.78. The maximum Gasteiger partial charge on any atom is 0.316 e. The summed E-state index contributed by atoms with van der Waals surface area (Å²) < 4.78 is 34.5. The van der Waals surface area contributed by atoms with Crippen LogP contribution in [0.1, 0.15) is 6.92 Å². The van der Waals surface area contributed by atoms with E-state index in [1.807, 2.05) is 6.92 Å². The molecule has 0 spiro atoms. The average molecular weight is 461 g/mol. The lowest BCUT2D eigenvalue weighted by atomic mass is 10.3. The van der Waals surface area contributed by atoms with Crippen molar-refractivity contribution in [3.8, 4) is 5.75 Å². The molecular formula is C21H24N4O6S. The third-order valence-electron chi connectivity index (χ3n) is 4.99. The van der Waals surface area contributed by atoms with Gasteiger partial charge in [0.1, 0.15) is 5.75 Å². The zero-order valence-electron chi connectivity index (χ0n) is 18.2. The molecular weight excluding hydrogens is 436 g/mol. The van der Waals surface area contributed by atoms with Crippen LogP contribution in [0.3, 0.4) is 0 Å². The predicted octanol–water partition coefficient (Wildman–Crippen LogP) is 0.895. The number of aromatic nitrogens is 2. The maximum atomic E-state index is 13.0. The molecule has 0 fully saturated rings. The monoisotopic (exact) mass is 460 g/mol. The first kappa shape index (κ1) is 23.2. The number of hydrogen-bond acceptors (Lipinski definition) is 6. The van der Waals surface area contributed by atoms with Gasteiger partial charge in [0, 0.05) is 26.8 Å². The summed E-state index contributed by atoms with van der Waals surface area (Å²) in [6.07, 6.45) is 0. The molecule has 0 saturated heterocycles. The van der Waals surface area contributed by atoms with E-state index in [2.05, 4.69) is 5.32 Å². The topological polar surface area (TPSA) is 120 Å². The summed E-state index contributed by atoms with van der Waals surface area (Å²) in [6, 6.07) is 10.8. The summed E-state index contributed by atoms with van der Waals surface area (Å²) >= 11 is 0. The minimum atomic E-state index is -4.03. The zero-order valence-corrected chi connectivity index (χ0v) is 19.0. The molecule has 1 N–H and O–H groups in total. The quantitative estimate of drug-likeness (QED) is 0.523. The second-order valence-electron chi connectivity index (χ2n) is 7.15. The van der Waals surface area contributed by atoms with Gasteiger partial charge in [-0.25, -0.2) is 8.42 Å². The Hall–Kier alpha value is -3.44. The van der Waals surface area contributed by atoms with Gasteiger partial charge in [0.25, 0.3) is 0 Å². The molecule has 11 heteroatoms. The molecule has 0 aliphatic carbocycles. The Morgan fingerprint density at radius 1 is 1.00 bits per heavy atom. The van der Waals surface area contributed by atoms with Gasteiger partial charge < -0.3 is 19.2 Å². The first-order valence-corrected chi connectivity index (χ1v) is 11.2. The van der Waals surface area contributed by atoms with E-state index in [0.717, 1.165) is 8.87 Å². The van der Waals surface area contributed by atoms with Crippen molar-refractivity contribution in [2.75, 3.05) is 25.5 Å². The molecule has 0 aliphatic heterocycles. The van der Waals surface area contributed by atoms with Gasteiger partial charge in [-0.1, -0.05) is 0 Å². The van der Waals surface area contributed by atoms with E-state index in [4.69, 9.17) is 4.74 Å². The van der Waals surface area contributed by atoms with Gasteiger partial charge in [-0.05, 0) is 49.4 Å². The summed E-state index contributed by atoms with van der Waals surface area (Å²) in [6.45, 7) is 1.97. The first-order valence-electron chi connectivity index (χ1n) is 9.75. The van der Waals surface area contributed by atoms with Gasteiger partial charge in [-0.15, -0.1) is 0 Å². The Bertz CT molecular complexity index is 1390. The van der Waals surface area contributed by atoms with E-state index < -0.39 is 33.6 Å². The number of nitrogens with one attached hydrogen (secondary N) is 1. The maximum absolute atomic E-state index is 13.0. The number of amides is 1. The molecule has 1 aromatic heterocycles. The van der Waals surface area contributed by atoms with Crippen molar-refractivity contribution in [3.63, 3.8) is 0 Å². The molecule has 0 saturated carbocycles. The summed E-state index contributed by atoms with van der Waals surface area (Å²) in [7, 11) is 0.0954. The van der Waals surface area contributed by atoms with Gasteiger partial charge in [0.05, 0.1) is 29.1 Å². The van der Waals surface area contributed by atoms with Crippen LogP contribution in [-0.4, -0.2) is 48.0 Å².